The van der Waals surface area contributed by atoms with Crippen molar-refractivity contribution >= 4 is 38.6 Å². The van der Waals surface area contributed by atoms with E-state index in [2.05, 4.69) is 4.98 Å². The van der Waals surface area contributed by atoms with Gasteiger partial charge in [0.15, 0.2) is 0 Å². The van der Waals surface area contributed by atoms with Gasteiger partial charge in [-0.15, -0.1) is 11.8 Å². The molecule has 3 aromatic rings. The van der Waals surface area contributed by atoms with E-state index in [1.54, 1.807) is 54.4 Å². The minimum absolute atomic E-state index is 0.110. The molecule has 0 bridgehead atoms. The van der Waals surface area contributed by atoms with E-state index in [1.807, 2.05) is 12.1 Å². The second-order valence-electron chi connectivity index (χ2n) is 7.10. The summed E-state index contributed by atoms with van der Waals surface area (Å²) in [6.45, 7) is 2.28. The number of fused-ring (bicyclic) bond motifs is 1. The number of carbonyl (C=O) groups is 1. The van der Waals surface area contributed by atoms with Gasteiger partial charge in [-0.1, -0.05) is 43.3 Å². The summed E-state index contributed by atoms with van der Waals surface area (Å²) in [6.07, 6.45) is 1.57. The summed E-state index contributed by atoms with van der Waals surface area (Å²) in [5.74, 6) is -0.259. The average molecular weight is 460 g/mol. The van der Waals surface area contributed by atoms with Crippen LogP contribution in [0, 0.1) is 5.82 Å². The Labute approximate surface area is 185 Å². The molecule has 6 nitrogen and oxygen atoms in total. The topological polar surface area (TPSA) is 70.6 Å². The molecule has 0 radical (unpaired) electrons. The summed E-state index contributed by atoms with van der Waals surface area (Å²) in [5.41, 5.74) is 0.850. The fourth-order valence-corrected chi connectivity index (χ4v) is 6.57. The Bertz CT molecular complexity index is 1210. The van der Waals surface area contributed by atoms with E-state index < -0.39 is 15.4 Å². The first-order valence-corrected chi connectivity index (χ1v) is 12.4. The SMILES string of the molecule is CCN(CCN1C(=O)CSC1c1ccccc1F)S(=O)(=O)c1cccc2cccnc12. The number of pyridine rings is 1. The highest BCUT2D eigenvalue weighted by atomic mass is 32.2. The molecule has 1 amide bonds. The van der Waals surface area contributed by atoms with Crippen LogP contribution >= 0.6 is 11.8 Å². The zero-order chi connectivity index (χ0) is 22.0. The number of hydrogen-bond acceptors (Lipinski definition) is 5. The van der Waals surface area contributed by atoms with Crippen LogP contribution in [0.15, 0.2) is 65.7 Å². The Balaban J connectivity index is 1.59. The molecule has 1 atom stereocenters. The number of thioether (sulfide) groups is 1. The lowest BCUT2D eigenvalue weighted by Gasteiger charge is -2.28. The van der Waals surface area contributed by atoms with Gasteiger partial charge in [0.05, 0.1) is 11.3 Å². The first-order chi connectivity index (χ1) is 14.9. The smallest absolute Gasteiger partial charge is 0.245 e. The Hall–Kier alpha value is -2.49. The minimum atomic E-state index is -3.83. The number of halogens is 1. The van der Waals surface area contributed by atoms with E-state index in [-0.39, 0.29) is 42.0 Å². The largest absolute Gasteiger partial charge is 0.324 e. The maximum Gasteiger partial charge on any atom is 0.245 e. The van der Waals surface area contributed by atoms with E-state index in [4.69, 9.17) is 0 Å². The fraction of sp³-hybridized carbons (Fsp3) is 0.273. The Morgan fingerprint density at radius 2 is 1.94 bits per heavy atom. The van der Waals surface area contributed by atoms with Gasteiger partial charge in [0.2, 0.25) is 15.9 Å². The van der Waals surface area contributed by atoms with Crippen LogP contribution < -0.4 is 0 Å². The molecule has 4 rings (SSSR count). The van der Waals surface area contributed by atoms with Gasteiger partial charge in [-0.25, -0.2) is 12.8 Å². The zero-order valence-electron chi connectivity index (χ0n) is 16.9. The predicted molar refractivity (Wildman–Crippen MR) is 119 cm³/mol. The second kappa shape index (κ2) is 8.94. The summed E-state index contributed by atoms with van der Waals surface area (Å²) in [4.78, 5) is 18.4. The summed E-state index contributed by atoms with van der Waals surface area (Å²) in [7, 11) is -3.83. The number of likely N-dealkylation sites (N-methyl/N-ethyl adjacent to an activating group) is 1. The summed E-state index contributed by atoms with van der Waals surface area (Å²) in [5, 5.41) is 0.277. The lowest BCUT2D eigenvalue weighted by molar-refractivity contribution is -0.128. The maximum absolute atomic E-state index is 14.3. The van der Waals surface area contributed by atoms with E-state index >= 15 is 0 Å². The number of rotatable bonds is 7. The molecule has 0 N–H and O–H groups in total. The normalized spacial score (nSPS) is 17.1. The Kier molecular flexibility index (Phi) is 6.27. The molecular formula is C22H22FN3O3S2. The van der Waals surface area contributed by atoms with E-state index in [0.717, 1.165) is 5.39 Å². The number of amides is 1. The molecule has 1 saturated heterocycles. The van der Waals surface area contributed by atoms with Crippen molar-refractivity contribution in [2.24, 2.45) is 0 Å². The average Bonchev–Trinajstić information content (AvgIpc) is 3.14. The van der Waals surface area contributed by atoms with Gasteiger partial charge in [-0.2, -0.15) is 4.31 Å². The highest BCUT2D eigenvalue weighted by Crippen LogP contribution is 2.39. The maximum atomic E-state index is 14.3. The predicted octanol–water partition coefficient (Wildman–Crippen LogP) is 3.66. The molecule has 1 fully saturated rings. The standard InChI is InChI=1S/C22H22FN3O3S2/c1-2-25(31(28,29)19-11-5-7-16-8-6-12-24-21(16)19)13-14-26-20(27)15-30-22(26)17-9-3-4-10-18(17)23/h3-12,22H,2,13-15H2,1H3. The monoisotopic (exact) mass is 459 g/mol. The number of sulfonamides is 1. The van der Waals surface area contributed by atoms with Gasteiger partial charge < -0.3 is 4.90 Å². The zero-order valence-corrected chi connectivity index (χ0v) is 18.6. The van der Waals surface area contributed by atoms with Gasteiger partial charge in [-0.3, -0.25) is 9.78 Å². The lowest BCUT2D eigenvalue weighted by Crippen LogP contribution is -2.40. The van der Waals surface area contributed by atoms with Crippen LogP contribution in [0.3, 0.4) is 0 Å². The molecule has 2 heterocycles. The van der Waals surface area contributed by atoms with Crippen molar-refractivity contribution in [2.75, 3.05) is 25.4 Å². The number of carbonyl (C=O) groups excluding carboxylic acids is 1. The van der Waals surface area contributed by atoms with Crippen molar-refractivity contribution in [3.8, 4) is 0 Å². The van der Waals surface area contributed by atoms with Crippen LogP contribution in [0.2, 0.25) is 0 Å². The van der Waals surface area contributed by atoms with Gasteiger partial charge >= 0.3 is 0 Å². The molecule has 0 spiro atoms. The third-order valence-corrected chi connectivity index (χ3v) is 8.54. The first kappa shape index (κ1) is 21.7. The minimum Gasteiger partial charge on any atom is -0.324 e. The van der Waals surface area contributed by atoms with Crippen LogP contribution in [-0.4, -0.2) is 53.9 Å². The summed E-state index contributed by atoms with van der Waals surface area (Å²) < 4.78 is 42.4. The van der Waals surface area contributed by atoms with Gasteiger partial charge in [0, 0.05) is 36.8 Å². The highest BCUT2D eigenvalue weighted by Gasteiger charge is 2.35. The van der Waals surface area contributed by atoms with Gasteiger partial charge in [-0.05, 0) is 18.2 Å². The number of nitrogens with zero attached hydrogens (tertiary/aromatic N) is 3. The van der Waals surface area contributed by atoms with E-state index in [1.165, 1.54) is 22.1 Å². The van der Waals surface area contributed by atoms with Crippen LogP contribution in [0.25, 0.3) is 10.9 Å². The van der Waals surface area contributed by atoms with E-state index in [0.29, 0.717) is 11.1 Å². The number of hydrogen-bond donors (Lipinski definition) is 0. The molecule has 9 heteroatoms. The molecule has 1 aromatic heterocycles. The Morgan fingerprint density at radius 3 is 2.71 bits per heavy atom. The third kappa shape index (κ3) is 4.17. The number of para-hydroxylation sites is 1. The van der Waals surface area contributed by atoms with Crippen LogP contribution in [-0.2, 0) is 14.8 Å². The molecule has 2 aromatic carbocycles. The van der Waals surface area contributed by atoms with Gasteiger partial charge in [0.25, 0.3) is 0 Å². The van der Waals surface area contributed by atoms with Crippen molar-refractivity contribution in [1.29, 1.82) is 0 Å². The molecular weight excluding hydrogens is 437 g/mol. The number of aromatic nitrogens is 1. The van der Waals surface area contributed by atoms with Crippen molar-refractivity contribution < 1.29 is 17.6 Å². The quantitative estimate of drug-likeness (QED) is 0.539. The number of benzene rings is 2. The second-order valence-corrected chi connectivity index (χ2v) is 10.1. The molecule has 31 heavy (non-hydrogen) atoms. The molecule has 1 aliphatic rings. The molecule has 1 unspecified atom stereocenters. The highest BCUT2D eigenvalue weighted by molar-refractivity contribution is 8.00. The summed E-state index contributed by atoms with van der Waals surface area (Å²) >= 11 is 1.35. The first-order valence-electron chi connectivity index (χ1n) is 9.93. The summed E-state index contributed by atoms with van der Waals surface area (Å²) in [6, 6.07) is 15.0. The van der Waals surface area contributed by atoms with Crippen LogP contribution in [0.1, 0.15) is 17.9 Å². The van der Waals surface area contributed by atoms with Crippen molar-refractivity contribution in [1.82, 2.24) is 14.2 Å². The molecule has 162 valence electrons. The Morgan fingerprint density at radius 1 is 1.16 bits per heavy atom. The fourth-order valence-electron chi connectivity index (χ4n) is 3.72. The van der Waals surface area contributed by atoms with E-state index in [9.17, 15) is 17.6 Å². The van der Waals surface area contributed by atoms with Crippen LogP contribution in [0.4, 0.5) is 4.39 Å². The lowest BCUT2D eigenvalue weighted by atomic mass is 10.2. The molecule has 1 aliphatic heterocycles. The van der Waals surface area contributed by atoms with Gasteiger partial charge in [0.1, 0.15) is 16.1 Å². The van der Waals surface area contributed by atoms with Crippen molar-refractivity contribution in [2.45, 2.75) is 17.2 Å². The van der Waals surface area contributed by atoms with Crippen molar-refractivity contribution in [3.63, 3.8) is 0 Å². The van der Waals surface area contributed by atoms with Crippen LogP contribution in [0.5, 0.6) is 0 Å². The van der Waals surface area contributed by atoms with Crippen molar-refractivity contribution in [3.05, 3.63) is 72.2 Å². The third-order valence-electron chi connectivity index (χ3n) is 5.30. The molecule has 0 aliphatic carbocycles. The molecule has 0 saturated carbocycles.